The average Bonchev–Trinajstić information content (AvgIpc) is 2.38. The lowest BCUT2D eigenvalue weighted by molar-refractivity contribution is -0.516. The summed E-state index contributed by atoms with van der Waals surface area (Å²) in [5.74, 6) is -2.26. The third-order valence-corrected chi connectivity index (χ3v) is 3.24. The number of carboxylic acid groups (broad SMARTS) is 1. The molecule has 20 heavy (non-hydrogen) atoms. The van der Waals surface area contributed by atoms with Crippen molar-refractivity contribution < 1.29 is 29.8 Å². The molecular weight excluding hydrogens is 264 g/mol. The lowest BCUT2D eigenvalue weighted by Crippen LogP contribution is -2.45. The van der Waals surface area contributed by atoms with Crippen LogP contribution < -0.4 is 0 Å². The van der Waals surface area contributed by atoms with Crippen molar-refractivity contribution in [3.63, 3.8) is 0 Å². The van der Waals surface area contributed by atoms with Crippen LogP contribution in [0.1, 0.15) is 66.7 Å². The minimum Gasteiger partial charge on any atom is -0.479 e. The van der Waals surface area contributed by atoms with Gasteiger partial charge in [-0.2, -0.15) is 4.89 Å². The lowest BCUT2D eigenvalue weighted by atomic mass is 9.94. The van der Waals surface area contributed by atoms with E-state index < -0.39 is 17.4 Å². The van der Waals surface area contributed by atoms with Crippen LogP contribution in [-0.2, 0) is 19.5 Å². The van der Waals surface area contributed by atoms with Gasteiger partial charge in [0.15, 0.2) is 5.60 Å². The van der Waals surface area contributed by atoms with Crippen molar-refractivity contribution in [1.82, 2.24) is 0 Å². The van der Waals surface area contributed by atoms with Gasteiger partial charge in [-0.15, -0.1) is 0 Å². The van der Waals surface area contributed by atoms with Crippen LogP contribution in [0, 0.1) is 5.92 Å². The Morgan fingerprint density at radius 1 is 1.25 bits per heavy atom. The second kappa shape index (κ2) is 8.56. The van der Waals surface area contributed by atoms with E-state index in [1.165, 1.54) is 6.92 Å². The molecule has 2 atom stereocenters. The summed E-state index contributed by atoms with van der Waals surface area (Å²) in [5, 5.41) is 18.4. The maximum atomic E-state index is 11.5. The predicted molar refractivity (Wildman–Crippen MR) is 73.9 cm³/mol. The lowest BCUT2D eigenvalue weighted by Gasteiger charge is -2.32. The molecule has 0 radical (unpaired) electrons. The number of carboxylic acids is 1. The number of hydrogen-bond acceptors (Lipinski definition) is 5. The molecule has 2 unspecified atom stereocenters. The van der Waals surface area contributed by atoms with Gasteiger partial charge >= 0.3 is 5.97 Å². The average molecular weight is 292 g/mol. The van der Waals surface area contributed by atoms with Gasteiger partial charge in [0.1, 0.15) is 0 Å². The smallest absolute Gasteiger partial charge is 0.339 e. The first-order chi connectivity index (χ1) is 9.25. The third kappa shape index (κ3) is 5.75. The first-order valence-corrected chi connectivity index (χ1v) is 7.18. The SMILES string of the molecule is CCCCC(CC)(OOC(C)(CC(C)C)OO)C(=O)O. The number of unbranched alkanes of at least 4 members (excludes halogenated alkanes) is 1. The van der Waals surface area contributed by atoms with Crippen molar-refractivity contribution in [3.05, 3.63) is 0 Å². The fourth-order valence-corrected chi connectivity index (χ4v) is 2.03. The topological polar surface area (TPSA) is 85.2 Å². The molecule has 0 bridgehead atoms. The molecule has 0 rings (SSSR count). The molecule has 0 aromatic carbocycles. The summed E-state index contributed by atoms with van der Waals surface area (Å²) in [7, 11) is 0. The summed E-state index contributed by atoms with van der Waals surface area (Å²) >= 11 is 0. The van der Waals surface area contributed by atoms with Gasteiger partial charge in [-0.05, 0) is 25.7 Å². The molecular formula is C14H28O6. The van der Waals surface area contributed by atoms with Crippen LogP contribution in [0.25, 0.3) is 0 Å². The number of aliphatic carboxylic acids is 1. The zero-order valence-electron chi connectivity index (χ0n) is 13.1. The Hall–Kier alpha value is -0.690. The number of carbonyl (C=O) groups is 1. The molecule has 0 amide bonds. The molecule has 120 valence electrons. The zero-order chi connectivity index (χ0) is 15.8. The Morgan fingerprint density at radius 2 is 1.85 bits per heavy atom. The fraction of sp³-hybridized carbons (Fsp3) is 0.929. The molecule has 6 heteroatoms. The highest BCUT2D eigenvalue weighted by Gasteiger charge is 2.42. The highest BCUT2D eigenvalue weighted by atomic mass is 17.3. The molecule has 0 aliphatic heterocycles. The molecule has 0 aliphatic carbocycles. The molecule has 0 saturated heterocycles. The van der Waals surface area contributed by atoms with Crippen molar-refractivity contribution in [2.24, 2.45) is 5.92 Å². The highest BCUT2D eigenvalue weighted by molar-refractivity contribution is 5.77. The third-order valence-electron chi connectivity index (χ3n) is 3.24. The standard InChI is InChI=1S/C14H28O6/c1-6-8-9-14(7-2,12(15)16)20-19-13(5,18-17)10-11(3)4/h11,17H,6-10H2,1-5H3,(H,15,16). The minimum atomic E-state index is -1.41. The van der Waals surface area contributed by atoms with Gasteiger partial charge in [0.2, 0.25) is 5.79 Å². The highest BCUT2D eigenvalue weighted by Crippen LogP contribution is 2.29. The number of rotatable bonds is 11. The molecule has 0 heterocycles. The van der Waals surface area contributed by atoms with E-state index in [0.29, 0.717) is 19.3 Å². The molecule has 0 saturated carbocycles. The van der Waals surface area contributed by atoms with Gasteiger partial charge in [0.05, 0.1) is 0 Å². The Kier molecular flexibility index (Phi) is 8.27. The second-order valence-corrected chi connectivity index (χ2v) is 5.75. The van der Waals surface area contributed by atoms with E-state index in [-0.39, 0.29) is 12.3 Å². The summed E-state index contributed by atoms with van der Waals surface area (Å²) in [6.45, 7) is 9.08. The van der Waals surface area contributed by atoms with E-state index >= 15 is 0 Å². The van der Waals surface area contributed by atoms with Gasteiger partial charge in [-0.1, -0.05) is 40.5 Å². The molecule has 0 spiro atoms. The van der Waals surface area contributed by atoms with E-state index in [0.717, 1.165) is 6.42 Å². The molecule has 0 fully saturated rings. The van der Waals surface area contributed by atoms with Gasteiger partial charge in [-0.25, -0.2) is 19.8 Å². The van der Waals surface area contributed by atoms with Crippen LogP contribution in [0.15, 0.2) is 0 Å². The summed E-state index contributed by atoms with van der Waals surface area (Å²) in [6, 6.07) is 0. The van der Waals surface area contributed by atoms with Crippen molar-refractivity contribution in [2.45, 2.75) is 78.1 Å². The molecule has 0 aromatic heterocycles. The van der Waals surface area contributed by atoms with E-state index in [4.69, 9.17) is 15.0 Å². The normalized spacial score (nSPS) is 17.8. The Bertz CT molecular complexity index is 293. The van der Waals surface area contributed by atoms with E-state index in [1.54, 1.807) is 6.92 Å². The summed E-state index contributed by atoms with van der Waals surface area (Å²) < 4.78 is 0. The van der Waals surface area contributed by atoms with Crippen molar-refractivity contribution in [3.8, 4) is 0 Å². The van der Waals surface area contributed by atoms with Gasteiger partial charge in [-0.3, -0.25) is 0 Å². The van der Waals surface area contributed by atoms with Crippen LogP contribution in [0.2, 0.25) is 0 Å². The maximum Gasteiger partial charge on any atom is 0.339 e. The predicted octanol–water partition coefficient (Wildman–Crippen LogP) is 3.61. The van der Waals surface area contributed by atoms with Gasteiger partial charge < -0.3 is 5.11 Å². The maximum absolute atomic E-state index is 11.5. The monoisotopic (exact) mass is 292 g/mol. The Balaban J connectivity index is 4.85. The zero-order valence-corrected chi connectivity index (χ0v) is 13.1. The number of hydrogen-bond donors (Lipinski definition) is 2. The minimum absolute atomic E-state index is 0.187. The first kappa shape index (κ1) is 19.3. The largest absolute Gasteiger partial charge is 0.479 e. The first-order valence-electron chi connectivity index (χ1n) is 7.18. The Labute approximate surface area is 120 Å². The quantitative estimate of drug-likeness (QED) is 0.344. The molecule has 0 aliphatic rings. The van der Waals surface area contributed by atoms with Gasteiger partial charge in [0, 0.05) is 6.42 Å². The molecule has 2 N–H and O–H groups in total. The summed E-state index contributed by atoms with van der Waals surface area (Å²) in [6.07, 6.45) is 2.56. The van der Waals surface area contributed by atoms with Crippen molar-refractivity contribution in [1.29, 1.82) is 0 Å². The van der Waals surface area contributed by atoms with Crippen LogP contribution >= 0.6 is 0 Å². The second-order valence-electron chi connectivity index (χ2n) is 5.75. The van der Waals surface area contributed by atoms with Gasteiger partial charge in [0.25, 0.3) is 0 Å². The van der Waals surface area contributed by atoms with E-state index in [9.17, 15) is 9.90 Å². The van der Waals surface area contributed by atoms with Crippen LogP contribution in [0.4, 0.5) is 0 Å². The van der Waals surface area contributed by atoms with Crippen molar-refractivity contribution in [2.75, 3.05) is 0 Å². The summed E-state index contributed by atoms with van der Waals surface area (Å²) in [4.78, 5) is 26.2. The summed E-state index contributed by atoms with van der Waals surface area (Å²) in [5.41, 5.74) is -1.41. The van der Waals surface area contributed by atoms with E-state index in [1.807, 2.05) is 20.8 Å². The van der Waals surface area contributed by atoms with Crippen LogP contribution in [0.5, 0.6) is 0 Å². The van der Waals surface area contributed by atoms with Crippen molar-refractivity contribution >= 4 is 5.97 Å². The Morgan fingerprint density at radius 3 is 2.20 bits per heavy atom. The van der Waals surface area contributed by atoms with Crippen LogP contribution in [-0.4, -0.2) is 27.7 Å². The van der Waals surface area contributed by atoms with E-state index in [2.05, 4.69) is 4.89 Å². The molecule has 6 nitrogen and oxygen atoms in total. The van der Waals surface area contributed by atoms with Crippen LogP contribution in [0.3, 0.4) is 0 Å². The fourth-order valence-electron chi connectivity index (χ4n) is 2.03. The molecule has 0 aromatic rings.